The highest BCUT2D eigenvalue weighted by Gasteiger charge is 2.43. The average Bonchev–Trinajstić information content (AvgIpc) is 2.34. The first-order chi connectivity index (χ1) is 8.88. The van der Waals surface area contributed by atoms with Crippen LogP contribution in [0.1, 0.15) is 5.56 Å². The summed E-state index contributed by atoms with van der Waals surface area (Å²) in [6.45, 7) is 0.830. The van der Waals surface area contributed by atoms with E-state index in [1.165, 1.54) is 0 Å². The lowest BCUT2D eigenvalue weighted by atomic mass is 10.2. The number of benzene rings is 1. The van der Waals surface area contributed by atoms with Crippen molar-refractivity contribution in [2.45, 2.75) is 18.8 Å². The predicted molar refractivity (Wildman–Crippen MR) is 75.2 cm³/mol. The van der Waals surface area contributed by atoms with Crippen LogP contribution in [-0.4, -0.2) is 36.9 Å². The zero-order valence-electron chi connectivity index (χ0n) is 9.88. The number of rotatable bonds is 2. The van der Waals surface area contributed by atoms with Gasteiger partial charge in [-0.1, -0.05) is 23.7 Å². The number of alkyl halides is 3. The van der Waals surface area contributed by atoms with Gasteiger partial charge in [0.2, 0.25) is 0 Å². The largest absolute Gasteiger partial charge is 0.415 e. The van der Waals surface area contributed by atoms with Gasteiger partial charge in [-0.25, -0.2) is 0 Å². The Labute approximate surface area is 128 Å². The second-order valence-corrected chi connectivity index (χ2v) is 5.89. The third-order valence-electron chi connectivity index (χ3n) is 2.94. The van der Waals surface area contributed by atoms with Crippen LogP contribution in [-0.2, 0) is 11.3 Å². The van der Waals surface area contributed by atoms with E-state index < -0.39 is 12.3 Å². The van der Waals surface area contributed by atoms with Gasteiger partial charge < -0.3 is 4.74 Å². The van der Waals surface area contributed by atoms with Crippen LogP contribution in [0, 0.1) is 3.57 Å². The third kappa shape index (κ3) is 3.96. The fourth-order valence-electron chi connectivity index (χ4n) is 1.96. The van der Waals surface area contributed by atoms with Gasteiger partial charge in [-0.15, -0.1) is 0 Å². The number of ether oxygens (including phenoxy) is 1. The normalized spacial score (nSPS) is 21.6. The van der Waals surface area contributed by atoms with Crippen molar-refractivity contribution in [2.75, 3.05) is 19.7 Å². The number of hydrogen-bond donors (Lipinski definition) is 0. The highest BCUT2D eigenvalue weighted by atomic mass is 127. The Morgan fingerprint density at radius 3 is 2.84 bits per heavy atom. The van der Waals surface area contributed by atoms with Crippen LogP contribution in [0.3, 0.4) is 0 Å². The lowest BCUT2D eigenvalue weighted by Gasteiger charge is -2.34. The molecule has 0 amide bonds. The molecular formula is C12H12ClF3INO. The molecule has 7 heteroatoms. The molecule has 1 aromatic rings. The fraction of sp³-hybridized carbons (Fsp3) is 0.500. The first-order valence-electron chi connectivity index (χ1n) is 5.71. The Kier molecular flexibility index (Phi) is 4.97. The molecule has 2 rings (SSSR count). The lowest BCUT2D eigenvalue weighted by molar-refractivity contribution is -0.237. The summed E-state index contributed by atoms with van der Waals surface area (Å²) in [4.78, 5) is 1.72. The molecule has 1 aromatic carbocycles. The van der Waals surface area contributed by atoms with Crippen molar-refractivity contribution >= 4 is 34.2 Å². The maximum Gasteiger partial charge on any atom is 0.415 e. The fourth-order valence-corrected chi connectivity index (χ4v) is 2.70. The Bertz CT molecular complexity index is 455. The first-order valence-corrected chi connectivity index (χ1v) is 7.17. The van der Waals surface area contributed by atoms with Crippen molar-refractivity contribution < 1.29 is 17.9 Å². The molecule has 1 aliphatic heterocycles. The van der Waals surface area contributed by atoms with Gasteiger partial charge in [0.15, 0.2) is 6.10 Å². The van der Waals surface area contributed by atoms with E-state index in [9.17, 15) is 13.2 Å². The van der Waals surface area contributed by atoms with Crippen molar-refractivity contribution in [1.82, 2.24) is 4.90 Å². The van der Waals surface area contributed by atoms with Crippen molar-refractivity contribution in [1.29, 1.82) is 0 Å². The van der Waals surface area contributed by atoms with E-state index in [4.69, 9.17) is 16.3 Å². The summed E-state index contributed by atoms with van der Waals surface area (Å²) in [5, 5.41) is 0.609. The second kappa shape index (κ2) is 6.15. The summed E-state index contributed by atoms with van der Waals surface area (Å²) in [5.41, 5.74) is 0.844. The maximum atomic E-state index is 12.6. The van der Waals surface area contributed by atoms with Crippen molar-refractivity contribution in [3.63, 3.8) is 0 Å². The quantitative estimate of drug-likeness (QED) is 0.696. The molecule has 2 nitrogen and oxygen atoms in total. The van der Waals surface area contributed by atoms with E-state index in [0.717, 1.165) is 9.13 Å². The van der Waals surface area contributed by atoms with Crippen LogP contribution in [0.2, 0.25) is 5.02 Å². The molecule has 1 aliphatic rings. The highest BCUT2D eigenvalue weighted by molar-refractivity contribution is 14.1. The molecule has 1 fully saturated rings. The molecule has 106 valence electrons. The lowest BCUT2D eigenvalue weighted by Crippen LogP contribution is -2.48. The zero-order valence-corrected chi connectivity index (χ0v) is 12.8. The van der Waals surface area contributed by atoms with Crippen LogP contribution in [0.15, 0.2) is 18.2 Å². The molecule has 0 aliphatic carbocycles. The monoisotopic (exact) mass is 405 g/mol. The molecule has 1 unspecified atom stereocenters. The number of hydrogen-bond acceptors (Lipinski definition) is 2. The van der Waals surface area contributed by atoms with E-state index in [1.807, 2.05) is 18.2 Å². The molecule has 1 heterocycles. The van der Waals surface area contributed by atoms with Gasteiger partial charge in [-0.2, -0.15) is 13.2 Å². The van der Waals surface area contributed by atoms with Crippen LogP contribution >= 0.6 is 34.2 Å². The molecule has 1 atom stereocenters. The molecule has 0 aromatic heterocycles. The maximum absolute atomic E-state index is 12.6. The standard InChI is InChI=1S/C12H12ClF3INO/c13-11-8(2-1-3-9(11)17)6-18-4-5-19-10(7-18)12(14,15)16/h1-3,10H,4-7H2. The van der Waals surface area contributed by atoms with Gasteiger partial charge in [0.05, 0.1) is 11.6 Å². The Hall–Kier alpha value is -0.0500. The third-order valence-corrected chi connectivity index (χ3v) is 4.61. The van der Waals surface area contributed by atoms with E-state index in [-0.39, 0.29) is 13.2 Å². The molecule has 19 heavy (non-hydrogen) atoms. The van der Waals surface area contributed by atoms with Crippen molar-refractivity contribution in [2.24, 2.45) is 0 Å². The number of nitrogens with zero attached hydrogens (tertiary/aromatic N) is 1. The van der Waals surface area contributed by atoms with Crippen LogP contribution in [0.5, 0.6) is 0 Å². The average molecular weight is 406 g/mol. The SMILES string of the molecule is FC(F)(F)C1CN(Cc2cccc(I)c2Cl)CCO1. The molecular weight excluding hydrogens is 393 g/mol. The summed E-state index contributed by atoms with van der Waals surface area (Å²) < 4.78 is 43.5. The summed E-state index contributed by atoms with van der Waals surface area (Å²) in [5.74, 6) is 0. The summed E-state index contributed by atoms with van der Waals surface area (Å²) in [6, 6.07) is 5.55. The summed E-state index contributed by atoms with van der Waals surface area (Å²) >= 11 is 8.26. The first kappa shape index (κ1) is 15.3. The van der Waals surface area contributed by atoms with E-state index in [1.54, 1.807) is 4.90 Å². The topological polar surface area (TPSA) is 12.5 Å². The molecule has 0 N–H and O–H groups in total. The van der Waals surface area contributed by atoms with E-state index >= 15 is 0 Å². The number of morpholine rings is 1. The summed E-state index contributed by atoms with van der Waals surface area (Å²) in [6.07, 6.45) is -6.02. The van der Waals surface area contributed by atoms with Gasteiger partial charge in [0.25, 0.3) is 0 Å². The molecule has 1 saturated heterocycles. The molecule has 0 saturated carbocycles. The van der Waals surface area contributed by atoms with Crippen molar-refractivity contribution in [3.8, 4) is 0 Å². The minimum atomic E-state index is -4.31. The van der Waals surface area contributed by atoms with E-state index in [2.05, 4.69) is 22.6 Å². The molecule has 0 radical (unpaired) electrons. The predicted octanol–water partition coefficient (Wildman–Crippen LogP) is 3.71. The smallest absolute Gasteiger partial charge is 0.366 e. The number of halogens is 5. The second-order valence-electron chi connectivity index (χ2n) is 4.35. The van der Waals surface area contributed by atoms with Gasteiger partial charge in [-0.05, 0) is 34.2 Å². The molecule has 0 bridgehead atoms. The minimum absolute atomic E-state index is 0.0890. The Balaban J connectivity index is 2.05. The van der Waals surface area contributed by atoms with Gasteiger partial charge in [0, 0.05) is 23.2 Å². The van der Waals surface area contributed by atoms with Crippen LogP contribution < -0.4 is 0 Å². The molecule has 0 spiro atoms. The van der Waals surface area contributed by atoms with Gasteiger partial charge in [0.1, 0.15) is 0 Å². The van der Waals surface area contributed by atoms with Gasteiger partial charge >= 0.3 is 6.18 Å². The highest BCUT2D eigenvalue weighted by Crippen LogP contribution is 2.28. The van der Waals surface area contributed by atoms with E-state index in [0.29, 0.717) is 18.1 Å². The zero-order chi connectivity index (χ0) is 14.0. The van der Waals surface area contributed by atoms with Crippen LogP contribution in [0.4, 0.5) is 13.2 Å². The minimum Gasteiger partial charge on any atom is -0.366 e. The Morgan fingerprint density at radius 2 is 2.16 bits per heavy atom. The van der Waals surface area contributed by atoms with Gasteiger partial charge in [-0.3, -0.25) is 4.90 Å². The summed E-state index contributed by atoms with van der Waals surface area (Å²) in [7, 11) is 0. The van der Waals surface area contributed by atoms with Crippen LogP contribution in [0.25, 0.3) is 0 Å². The van der Waals surface area contributed by atoms with Crippen molar-refractivity contribution in [3.05, 3.63) is 32.4 Å². The Morgan fingerprint density at radius 1 is 1.42 bits per heavy atom.